The summed E-state index contributed by atoms with van der Waals surface area (Å²) < 4.78 is 0. The molecule has 0 aromatic carbocycles. The topological polar surface area (TPSA) is 55.8 Å². The van der Waals surface area contributed by atoms with Crippen LogP contribution in [-0.4, -0.2) is 73.2 Å². The van der Waals surface area contributed by atoms with E-state index in [4.69, 9.17) is 5.11 Å². The lowest BCUT2D eigenvalue weighted by Crippen LogP contribution is -2.54. The van der Waals surface area contributed by atoms with Crippen molar-refractivity contribution < 1.29 is 9.90 Å². The van der Waals surface area contributed by atoms with E-state index in [1.165, 1.54) is 0 Å². The molecule has 0 aromatic rings. The molecule has 2 saturated heterocycles. The van der Waals surface area contributed by atoms with Gasteiger partial charge in [0.15, 0.2) is 0 Å². The maximum Gasteiger partial charge on any atom is 0.225 e. The van der Waals surface area contributed by atoms with Crippen molar-refractivity contribution in [3.05, 3.63) is 0 Å². The molecule has 1 atom stereocenters. The number of piperazine rings is 1. The van der Waals surface area contributed by atoms with Crippen molar-refractivity contribution in [1.82, 2.24) is 15.1 Å². The van der Waals surface area contributed by atoms with Crippen LogP contribution in [0.4, 0.5) is 0 Å². The minimum Gasteiger partial charge on any atom is -0.395 e. The first-order chi connectivity index (χ1) is 8.22. The predicted octanol–water partition coefficient (Wildman–Crippen LogP) is -1.02. The van der Waals surface area contributed by atoms with E-state index in [-0.39, 0.29) is 12.5 Å². The third kappa shape index (κ3) is 2.97. The fourth-order valence-electron chi connectivity index (χ4n) is 2.49. The molecule has 0 bridgehead atoms. The predicted molar refractivity (Wildman–Crippen MR) is 65.6 cm³/mol. The first kappa shape index (κ1) is 12.8. The van der Waals surface area contributed by atoms with Crippen molar-refractivity contribution >= 4 is 5.91 Å². The summed E-state index contributed by atoms with van der Waals surface area (Å²) in [5, 5.41) is 12.1. The van der Waals surface area contributed by atoms with Crippen LogP contribution in [0.5, 0.6) is 0 Å². The zero-order valence-electron chi connectivity index (χ0n) is 10.6. The highest BCUT2D eigenvalue weighted by atomic mass is 16.3. The van der Waals surface area contributed by atoms with Crippen molar-refractivity contribution in [2.75, 3.05) is 52.4 Å². The molecule has 2 aliphatic rings. The summed E-state index contributed by atoms with van der Waals surface area (Å²) in [5.74, 6) is 0.985. The summed E-state index contributed by atoms with van der Waals surface area (Å²) in [7, 11) is 0. The molecule has 0 radical (unpaired) electrons. The van der Waals surface area contributed by atoms with Crippen LogP contribution in [0, 0.1) is 11.8 Å². The molecule has 0 aromatic heterocycles. The molecular weight excluding hydrogens is 218 g/mol. The number of carbonyl (C=O) groups is 1. The average molecular weight is 241 g/mol. The summed E-state index contributed by atoms with van der Waals surface area (Å²) in [6, 6.07) is 0. The van der Waals surface area contributed by atoms with E-state index in [0.29, 0.717) is 11.8 Å². The zero-order valence-corrected chi connectivity index (χ0v) is 10.6. The van der Waals surface area contributed by atoms with Gasteiger partial charge in [0.1, 0.15) is 0 Å². The Morgan fingerprint density at radius 3 is 2.47 bits per heavy atom. The Bertz CT molecular complexity index is 260. The lowest BCUT2D eigenvalue weighted by atomic mass is 9.88. The molecule has 0 aliphatic carbocycles. The zero-order chi connectivity index (χ0) is 12.3. The van der Waals surface area contributed by atoms with E-state index in [1.807, 2.05) is 11.8 Å². The molecule has 2 heterocycles. The molecule has 2 fully saturated rings. The van der Waals surface area contributed by atoms with Crippen molar-refractivity contribution in [2.45, 2.75) is 6.92 Å². The number of aliphatic hydroxyl groups is 1. The van der Waals surface area contributed by atoms with Crippen molar-refractivity contribution in [3.8, 4) is 0 Å². The van der Waals surface area contributed by atoms with E-state index in [1.54, 1.807) is 0 Å². The maximum atomic E-state index is 12.2. The Kier molecular flexibility index (Phi) is 4.36. The van der Waals surface area contributed by atoms with Gasteiger partial charge in [-0.15, -0.1) is 0 Å². The van der Waals surface area contributed by atoms with Crippen molar-refractivity contribution in [2.24, 2.45) is 11.8 Å². The largest absolute Gasteiger partial charge is 0.395 e. The van der Waals surface area contributed by atoms with Gasteiger partial charge in [-0.05, 0) is 19.0 Å². The Labute approximate surface area is 103 Å². The molecule has 1 amide bonds. The van der Waals surface area contributed by atoms with Gasteiger partial charge in [0.05, 0.1) is 6.61 Å². The quantitative estimate of drug-likeness (QED) is 0.661. The second-order valence-corrected chi connectivity index (χ2v) is 5.10. The van der Waals surface area contributed by atoms with Crippen LogP contribution in [0.3, 0.4) is 0 Å². The molecule has 2 rings (SSSR count). The highest BCUT2D eigenvalue weighted by molar-refractivity contribution is 5.79. The Balaban J connectivity index is 1.77. The van der Waals surface area contributed by atoms with Gasteiger partial charge in [-0.25, -0.2) is 0 Å². The number of carbonyl (C=O) groups excluding carboxylic acids is 1. The fourth-order valence-corrected chi connectivity index (χ4v) is 2.49. The van der Waals surface area contributed by atoms with Gasteiger partial charge in [-0.1, -0.05) is 6.92 Å². The third-order valence-electron chi connectivity index (χ3n) is 4.01. The van der Waals surface area contributed by atoms with Gasteiger partial charge in [0.25, 0.3) is 0 Å². The number of nitrogens with one attached hydrogen (secondary N) is 1. The van der Waals surface area contributed by atoms with E-state index < -0.39 is 0 Å². The number of nitrogens with zero attached hydrogens (tertiary/aromatic N) is 2. The minimum absolute atomic E-state index is 0.153. The van der Waals surface area contributed by atoms with Crippen LogP contribution in [0.25, 0.3) is 0 Å². The van der Waals surface area contributed by atoms with E-state index in [2.05, 4.69) is 10.2 Å². The van der Waals surface area contributed by atoms with Crippen molar-refractivity contribution in [3.63, 3.8) is 0 Å². The molecular formula is C12H23N3O2. The fraction of sp³-hybridized carbons (Fsp3) is 0.917. The SMILES string of the molecule is CC(C(=O)N1CCN(CCO)CC1)C1CNC1. The highest BCUT2D eigenvalue weighted by Gasteiger charge is 2.32. The van der Waals surface area contributed by atoms with Gasteiger partial charge >= 0.3 is 0 Å². The van der Waals surface area contributed by atoms with Crippen LogP contribution in [0.1, 0.15) is 6.92 Å². The number of hydrogen-bond donors (Lipinski definition) is 2. The minimum atomic E-state index is 0.153. The molecule has 98 valence electrons. The second kappa shape index (κ2) is 5.80. The summed E-state index contributed by atoms with van der Waals surface area (Å²) in [6.07, 6.45) is 0. The highest BCUT2D eigenvalue weighted by Crippen LogP contribution is 2.19. The maximum absolute atomic E-state index is 12.2. The van der Waals surface area contributed by atoms with Gasteiger partial charge in [-0.2, -0.15) is 0 Å². The smallest absolute Gasteiger partial charge is 0.225 e. The second-order valence-electron chi connectivity index (χ2n) is 5.10. The first-order valence-corrected chi connectivity index (χ1v) is 6.55. The van der Waals surface area contributed by atoms with Crippen molar-refractivity contribution in [1.29, 1.82) is 0 Å². The van der Waals surface area contributed by atoms with E-state index in [9.17, 15) is 4.79 Å². The van der Waals surface area contributed by atoms with Crippen LogP contribution in [0.15, 0.2) is 0 Å². The Morgan fingerprint density at radius 1 is 1.35 bits per heavy atom. The number of aliphatic hydroxyl groups excluding tert-OH is 1. The molecule has 5 nitrogen and oxygen atoms in total. The lowest BCUT2D eigenvalue weighted by molar-refractivity contribution is -0.139. The number of rotatable bonds is 4. The van der Waals surface area contributed by atoms with E-state index >= 15 is 0 Å². The first-order valence-electron chi connectivity index (χ1n) is 6.55. The summed E-state index contributed by atoms with van der Waals surface area (Å²) >= 11 is 0. The number of β-amino-alcohol motifs (C(OH)–C–C–N with tert-alkyl or cyclic N) is 1. The molecule has 17 heavy (non-hydrogen) atoms. The monoisotopic (exact) mass is 241 g/mol. The Hall–Kier alpha value is -0.650. The number of hydrogen-bond acceptors (Lipinski definition) is 4. The Morgan fingerprint density at radius 2 is 2.00 bits per heavy atom. The molecule has 5 heteroatoms. The molecule has 2 aliphatic heterocycles. The van der Waals surface area contributed by atoms with Crippen LogP contribution in [-0.2, 0) is 4.79 Å². The summed E-state index contributed by atoms with van der Waals surface area (Å²) in [6.45, 7) is 8.35. The lowest BCUT2D eigenvalue weighted by Gasteiger charge is -2.39. The normalized spacial score (nSPS) is 24.5. The van der Waals surface area contributed by atoms with Gasteiger partial charge < -0.3 is 15.3 Å². The molecule has 0 saturated carbocycles. The standard InChI is InChI=1S/C12H23N3O2/c1-10(11-8-13-9-11)12(17)15-4-2-14(3-5-15)6-7-16/h10-11,13,16H,2-9H2,1H3. The van der Waals surface area contributed by atoms with Gasteiger partial charge in [-0.3, -0.25) is 9.69 Å². The van der Waals surface area contributed by atoms with Gasteiger partial charge in [0.2, 0.25) is 5.91 Å². The molecule has 1 unspecified atom stereocenters. The number of amides is 1. The van der Waals surface area contributed by atoms with Crippen LogP contribution in [0.2, 0.25) is 0 Å². The molecule has 2 N–H and O–H groups in total. The van der Waals surface area contributed by atoms with E-state index in [0.717, 1.165) is 45.8 Å². The molecule has 0 spiro atoms. The van der Waals surface area contributed by atoms with Gasteiger partial charge in [0, 0.05) is 38.6 Å². The average Bonchev–Trinajstić information content (AvgIpc) is 2.27. The van der Waals surface area contributed by atoms with Crippen LogP contribution < -0.4 is 5.32 Å². The summed E-state index contributed by atoms with van der Waals surface area (Å²) in [5.41, 5.74) is 0. The van der Waals surface area contributed by atoms with Crippen LogP contribution >= 0.6 is 0 Å². The third-order valence-corrected chi connectivity index (χ3v) is 4.01. The summed E-state index contributed by atoms with van der Waals surface area (Å²) in [4.78, 5) is 16.4.